The molecule has 1 unspecified atom stereocenters. The summed E-state index contributed by atoms with van der Waals surface area (Å²) in [5, 5.41) is 1.95. The molecule has 1 fully saturated rings. The van der Waals surface area contributed by atoms with E-state index in [9.17, 15) is 8.42 Å². The molecule has 4 rings (SSSR count). The minimum absolute atomic E-state index is 0.263. The molecule has 1 atom stereocenters. The highest BCUT2D eigenvalue weighted by atomic mass is 32.2. The second-order valence-corrected chi connectivity index (χ2v) is 11.0. The fourth-order valence-electron chi connectivity index (χ4n) is 4.83. The van der Waals surface area contributed by atoms with Crippen molar-refractivity contribution in [3.8, 4) is 5.75 Å². The van der Waals surface area contributed by atoms with E-state index in [1.54, 1.807) is 32.4 Å². The number of nitrogens with two attached hydrogens (primary N) is 1. The minimum atomic E-state index is -3.70. The standard InChI is InChI=1S/C27H33N3O3S/c1-21-11-14-25(15-12-21)34(31,32)29(2)24-13-16-26(33-3)22(19-24)20-27(17-7-8-18-30(27)28)23-9-5-4-6-10-23/h4-6,9-16,19H,7-8,17-18,20,28H2,1-3H3. The van der Waals surface area contributed by atoms with Gasteiger partial charge in [0.1, 0.15) is 5.75 Å². The highest BCUT2D eigenvalue weighted by Crippen LogP contribution is 2.41. The Labute approximate surface area is 203 Å². The summed E-state index contributed by atoms with van der Waals surface area (Å²) in [6.07, 6.45) is 3.66. The lowest BCUT2D eigenvalue weighted by Crippen LogP contribution is -2.54. The van der Waals surface area contributed by atoms with Crippen molar-refractivity contribution in [3.63, 3.8) is 0 Å². The molecule has 180 valence electrons. The van der Waals surface area contributed by atoms with Crippen LogP contribution >= 0.6 is 0 Å². The largest absolute Gasteiger partial charge is 0.496 e. The van der Waals surface area contributed by atoms with Crippen molar-refractivity contribution in [3.05, 3.63) is 89.5 Å². The number of hydrogen-bond acceptors (Lipinski definition) is 5. The molecule has 34 heavy (non-hydrogen) atoms. The van der Waals surface area contributed by atoms with Gasteiger partial charge in [-0.25, -0.2) is 13.4 Å². The van der Waals surface area contributed by atoms with Crippen LogP contribution < -0.4 is 14.9 Å². The fourth-order valence-corrected chi connectivity index (χ4v) is 6.02. The van der Waals surface area contributed by atoms with Gasteiger partial charge in [-0.05, 0) is 74.1 Å². The van der Waals surface area contributed by atoms with Crippen LogP contribution in [0, 0.1) is 6.92 Å². The van der Waals surface area contributed by atoms with Crippen LogP contribution in [-0.4, -0.2) is 34.1 Å². The third-order valence-electron chi connectivity index (χ3n) is 6.89. The van der Waals surface area contributed by atoms with Gasteiger partial charge in [-0.1, -0.05) is 48.0 Å². The second-order valence-electron chi connectivity index (χ2n) is 9.01. The molecule has 0 saturated carbocycles. The zero-order valence-corrected chi connectivity index (χ0v) is 20.9. The van der Waals surface area contributed by atoms with E-state index >= 15 is 0 Å². The molecule has 0 aliphatic carbocycles. The molecule has 1 aliphatic rings. The number of methoxy groups -OCH3 is 1. The van der Waals surface area contributed by atoms with Gasteiger partial charge in [-0.3, -0.25) is 10.1 Å². The number of hydrazine groups is 1. The number of sulfonamides is 1. The maximum Gasteiger partial charge on any atom is 0.264 e. The molecule has 2 N–H and O–H groups in total. The first-order valence-electron chi connectivity index (χ1n) is 11.6. The third-order valence-corrected chi connectivity index (χ3v) is 8.69. The molecule has 1 aliphatic heterocycles. The number of anilines is 1. The first-order chi connectivity index (χ1) is 16.3. The molecule has 0 radical (unpaired) electrons. The summed E-state index contributed by atoms with van der Waals surface area (Å²) in [7, 11) is -0.472. The Hall–Kier alpha value is -2.87. The third kappa shape index (κ3) is 4.56. The Morgan fingerprint density at radius 2 is 1.74 bits per heavy atom. The van der Waals surface area contributed by atoms with E-state index in [1.807, 2.05) is 54.4 Å². The predicted molar refractivity (Wildman–Crippen MR) is 136 cm³/mol. The van der Waals surface area contributed by atoms with E-state index in [0.717, 1.165) is 48.2 Å². The van der Waals surface area contributed by atoms with Crippen LogP contribution in [0.5, 0.6) is 5.75 Å². The summed E-state index contributed by atoms with van der Waals surface area (Å²) in [6, 6.07) is 22.8. The number of piperidine rings is 1. The Bertz CT molecular complexity index is 1230. The van der Waals surface area contributed by atoms with Gasteiger partial charge in [0.2, 0.25) is 0 Å². The maximum absolute atomic E-state index is 13.3. The molecular weight excluding hydrogens is 446 g/mol. The van der Waals surface area contributed by atoms with Crippen molar-refractivity contribution in [1.29, 1.82) is 0 Å². The van der Waals surface area contributed by atoms with Crippen LogP contribution in [0.2, 0.25) is 0 Å². The molecular formula is C27H33N3O3S. The molecule has 0 bridgehead atoms. The molecule has 7 heteroatoms. The zero-order valence-electron chi connectivity index (χ0n) is 20.1. The normalized spacial score (nSPS) is 19.1. The number of hydrogen-bond donors (Lipinski definition) is 1. The van der Waals surface area contributed by atoms with Crippen molar-refractivity contribution in [2.24, 2.45) is 5.84 Å². The molecule has 3 aromatic rings. The van der Waals surface area contributed by atoms with Crippen molar-refractivity contribution in [1.82, 2.24) is 5.01 Å². The Balaban J connectivity index is 1.74. The lowest BCUT2D eigenvalue weighted by atomic mass is 9.77. The molecule has 0 spiro atoms. The van der Waals surface area contributed by atoms with E-state index in [2.05, 4.69) is 12.1 Å². The van der Waals surface area contributed by atoms with Crippen LogP contribution in [-0.2, 0) is 22.0 Å². The van der Waals surface area contributed by atoms with Gasteiger partial charge >= 0.3 is 0 Å². The number of nitrogens with zero attached hydrogens (tertiary/aromatic N) is 2. The number of benzene rings is 3. The number of ether oxygens (including phenoxy) is 1. The average Bonchev–Trinajstić information content (AvgIpc) is 2.85. The smallest absolute Gasteiger partial charge is 0.264 e. The van der Waals surface area contributed by atoms with E-state index < -0.39 is 10.0 Å². The van der Waals surface area contributed by atoms with Gasteiger partial charge in [0.05, 0.1) is 23.2 Å². The van der Waals surface area contributed by atoms with Crippen molar-refractivity contribution >= 4 is 15.7 Å². The van der Waals surface area contributed by atoms with Gasteiger partial charge in [0.25, 0.3) is 10.0 Å². The summed E-state index contributed by atoms with van der Waals surface area (Å²) in [6.45, 7) is 2.74. The predicted octanol–water partition coefficient (Wildman–Crippen LogP) is 4.63. The Morgan fingerprint density at radius 3 is 2.38 bits per heavy atom. The molecule has 1 saturated heterocycles. The van der Waals surface area contributed by atoms with Gasteiger partial charge in [0.15, 0.2) is 0 Å². The fraction of sp³-hybridized carbons (Fsp3) is 0.333. The maximum atomic E-state index is 13.3. The van der Waals surface area contributed by atoms with Gasteiger partial charge < -0.3 is 4.74 Å². The molecule has 0 amide bonds. The second kappa shape index (κ2) is 9.78. The summed E-state index contributed by atoms with van der Waals surface area (Å²) < 4.78 is 33.6. The van der Waals surface area contributed by atoms with Crippen LogP contribution in [0.1, 0.15) is 36.0 Å². The molecule has 3 aromatic carbocycles. The van der Waals surface area contributed by atoms with E-state index in [-0.39, 0.29) is 10.4 Å². The average molecular weight is 480 g/mol. The number of rotatable bonds is 7. The molecule has 6 nitrogen and oxygen atoms in total. The lowest BCUT2D eigenvalue weighted by Gasteiger charge is -2.45. The van der Waals surface area contributed by atoms with Crippen molar-refractivity contribution in [2.75, 3.05) is 25.0 Å². The zero-order chi connectivity index (χ0) is 24.3. The van der Waals surface area contributed by atoms with Crippen LogP contribution in [0.15, 0.2) is 77.7 Å². The molecule has 1 heterocycles. The first kappa shape index (κ1) is 24.3. The van der Waals surface area contributed by atoms with Gasteiger partial charge in [-0.15, -0.1) is 0 Å². The quantitative estimate of drug-likeness (QED) is 0.500. The SMILES string of the molecule is COc1ccc(N(C)S(=O)(=O)c2ccc(C)cc2)cc1CC1(c2ccccc2)CCCCN1N. The highest BCUT2D eigenvalue weighted by molar-refractivity contribution is 7.92. The van der Waals surface area contributed by atoms with Crippen LogP contribution in [0.4, 0.5) is 5.69 Å². The van der Waals surface area contributed by atoms with Gasteiger partial charge in [-0.2, -0.15) is 0 Å². The van der Waals surface area contributed by atoms with Crippen molar-refractivity contribution in [2.45, 2.75) is 43.0 Å². The summed E-state index contributed by atoms with van der Waals surface area (Å²) in [5.41, 5.74) is 3.29. The summed E-state index contributed by atoms with van der Waals surface area (Å²) >= 11 is 0. The van der Waals surface area contributed by atoms with E-state index in [4.69, 9.17) is 10.6 Å². The minimum Gasteiger partial charge on any atom is -0.496 e. The highest BCUT2D eigenvalue weighted by Gasteiger charge is 2.40. The van der Waals surface area contributed by atoms with Crippen molar-refractivity contribution < 1.29 is 13.2 Å². The van der Waals surface area contributed by atoms with Crippen LogP contribution in [0.25, 0.3) is 0 Å². The summed E-state index contributed by atoms with van der Waals surface area (Å²) in [5.74, 6) is 7.35. The monoisotopic (exact) mass is 479 g/mol. The topological polar surface area (TPSA) is 75.9 Å². The Morgan fingerprint density at radius 1 is 1.03 bits per heavy atom. The first-order valence-corrected chi connectivity index (χ1v) is 13.0. The van der Waals surface area contributed by atoms with Gasteiger partial charge in [0, 0.05) is 13.6 Å². The van der Waals surface area contributed by atoms with E-state index in [0.29, 0.717) is 12.1 Å². The molecule has 0 aromatic heterocycles. The van der Waals surface area contributed by atoms with Crippen LogP contribution in [0.3, 0.4) is 0 Å². The van der Waals surface area contributed by atoms with E-state index in [1.165, 1.54) is 4.31 Å². The number of aryl methyl sites for hydroxylation is 1. The summed E-state index contributed by atoms with van der Waals surface area (Å²) in [4.78, 5) is 0.263. The Kier molecular flexibility index (Phi) is 6.98. The lowest BCUT2D eigenvalue weighted by molar-refractivity contribution is 0.0421.